The molecular weight excluding hydrogens is 408 g/mol. The summed E-state index contributed by atoms with van der Waals surface area (Å²) in [5.74, 6) is 7.60. The fourth-order valence-corrected chi connectivity index (χ4v) is 7.87. The van der Waals surface area contributed by atoms with Crippen molar-refractivity contribution in [2.45, 2.75) is 117 Å². The van der Waals surface area contributed by atoms with Gasteiger partial charge in [0.1, 0.15) is 0 Å². The summed E-state index contributed by atoms with van der Waals surface area (Å²) >= 11 is 0. The molecule has 0 bridgehead atoms. The SMILES string of the molecule is C/C=C/C1CCC(C2CCC(/C=C/C)CC2)CC1.C=CC1CCC(C2CCC(C=C)CC2)CC1. The fourth-order valence-electron chi connectivity index (χ4n) is 7.87. The number of rotatable bonds is 6. The molecule has 4 saturated carbocycles. The predicted molar refractivity (Wildman–Crippen MR) is 152 cm³/mol. The lowest BCUT2D eigenvalue weighted by Gasteiger charge is -2.36. The van der Waals surface area contributed by atoms with Crippen molar-refractivity contribution in [2.75, 3.05) is 0 Å². The number of allylic oxidation sites excluding steroid dienone is 6. The zero-order chi connectivity index (χ0) is 24.2. The molecule has 0 aromatic carbocycles. The van der Waals surface area contributed by atoms with Gasteiger partial charge in [0.25, 0.3) is 0 Å². The van der Waals surface area contributed by atoms with E-state index in [9.17, 15) is 0 Å². The molecule has 4 aliphatic rings. The van der Waals surface area contributed by atoms with Gasteiger partial charge in [-0.15, -0.1) is 13.2 Å². The van der Waals surface area contributed by atoms with Crippen LogP contribution in [0.1, 0.15) is 117 Å². The monoisotopic (exact) mass is 464 g/mol. The molecule has 0 aliphatic heterocycles. The van der Waals surface area contributed by atoms with Crippen LogP contribution in [0.4, 0.5) is 0 Å². The van der Waals surface area contributed by atoms with Gasteiger partial charge in [-0.2, -0.15) is 0 Å². The van der Waals surface area contributed by atoms with Crippen molar-refractivity contribution in [3.63, 3.8) is 0 Å². The van der Waals surface area contributed by atoms with E-state index in [2.05, 4.69) is 63.5 Å². The van der Waals surface area contributed by atoms with Gasteiger partial charge >= 0.3 is 0 Å². The van der Waals surface area contributed by atoms with Crippen molar-refractivity contribution in [2.24, 2.45) is 47.3 Å². The van der Waals surface area contributed by atoms with Crippen LogP contribution in [-0.2, 0) is 0 Å². The molecule has 0 heterocycles. The Balaban J connectivity index is 0.000000192. The lowest BCUT2D eigenvalue weighted by molar-refractivity contribution is 0.166. The zero-order valence-corrected chi connectivity index (χ0v) is 22.8. The molecule has 192 valence electrons. The van der Waals surface area contributed by atoms with Gasteiger partial charge in [0, 0.05) is 0 Å². The second kappa shape index (κ2) is 15.2. The van der Waals surface area contributed by atoms with E-state index < -0.39 is 0 Å². The highest BCUT2D eigenvalue weighted by Gasteiger charge is 2.30. The number of hydrogen-bond acceptors (Lipinski definition) is 0. The van der Waals surface area contributed by atoms with E-state index in [4.69, 9.17) is 0 Å². The second-order valence-corrected chi connectivity index (χ2v) is 12.2. The van der Waals surface area contributed by atoms with Crippen LogP contribution in [0.15, 0.2) is 49.6 Å². The highest BCUT2D eigenvalue weighted by atomic mass is 14.4. The third kappa shape index (κ3) is 8.57. The van der Waals surface area contributed by atoms with Crippen LogP contribution in [0.5, 0.6) is 0 Å². The summed E-state index contributed by atoms with van der Waals surface area (Å²) in [6.45, 7) is 12.2. The Labute approximate surface area is 213 Å². The summed E-state index contributed by atoms with van der Waals surface area (Å²) in [4.78, 5) is 0. The van der Waals surface area contributed by atoms with E-state index in [0.29, 0.717) is 0 Å². The second-order valence-electron chi connectivity index (χ2n) is 12.2. The van der Waals surface area contributed by atoms with Crippen LogP contribution in [0.3, 0.4) is 0 Å². The maximum Gasteiger partial charge on any atom is -0.0233 e. The van der Waals surface area contributed by atoms with E-state index in [0.717, 1.165) is 47.3 Å². The largest absolute Gasteiger partial charge is 0.103 e. The normalized spacial score (nSPS) is 39.4. The molecule has 0 radical (unpaired) electrons. The van der Waals surface area contributed by atoms with Gasteiger partial charge in [-0.25, -0.2) is 0 Å². The first-order valence-electron chi connectivity index (χ1n) is 15.2. The maximum atomic E-state index is 3.93. The lowest BCUT2D eigenvalue weighted by atomic mass is 9.69. The van der Waals surface area contributed by atoms with Crippen LogP contribution in [-0.4, -0.2) is 0 Å². The van der Waals surface area contributed by atoms with Gasteiger partial charge in [-0.05, 0) is 164 Å². The lowest BCUT2D eigenvalue weighted by Crippen LogP contribution is -2.25. The molecule has 0 saturated heterocycles. The molecule has 4 fully saturated rings. The van der Waals surface area contributed by atoms with Crippen LogP contribution in [0.2, 0.25) is 0 Å². The molecule has 0 nitrogen and oxygen atoms in total. The Morgan fingerprint density at radius 3 is 0.824 bits per heavy atom. The van der Waals surface area contributed by atoms with Gasteiger partial charge in [0.2, 0.25) is 0 Å². The fraction of sp³-hybridized carbons (Fsp3) is 0.765. The molecule has 0 unspecified atom stereocenters. The first-order chi connectivity index (χ1) is 16.7. The smallest absolute Gasteiger partial charge is 0.0233 e. The van der Waals surface area contributed by atoms with Crippen LogP contribution >= 0.6 is 0 Å². The summed E-state index contributed by atoms with van der Waals surface area (Å²) in [5.41, 5.74) is 0. The molecule has 34 heavy (non-hydrogen) atoms. The summed E-state index contributed by atoms with van der Waals surface area (Å²) in [6.07, 6.45) is 36.9. The summed E-state index contributed by atoms with van der Waals surface area (Å²) < 4.78 is 0. The first-order valence-corrected chi connectivity index (χ1v) is 15.2. The molecule has 0 heteroatoms. The molecule has 0 atom stereocenters. The van der Waals surface area contributed by atoms with Crippen molar-refractivity contribution in [1.82, 2.24) is 0 Å². The molecule has 0 amide bonds. The van der Waals surface area contributed by atoms with Gasteiger partial charge in [-0.3, -0.25) is 0 Å². The van der Waals surface area contributed by atoms with Crippen molar-refractivity contribution in [3.05, 3.63) is 49.6 Å². The van der Waals surface area contributed by atoms with Gasteiger partial charge in [0.05, 0.1) is 0 Å². The molecule has 0 spiro atoms. The molecule has 0 N–H and O–H groups in total. The van der Waals surface area contributed by atoms with E-state index in [1.165, 1.54) is 103 Å². The third-order valence-electron chi connectivity index (χ3n) is 10.2. The molecular formula is C34H56. The van der Waals surface area contributed by atoms with Crippen LogP contribution in [0.25, 0.3) is 0 Å². The van der Waals surface area contributed by atoms with Crippen molar-refractivity contribution < 1.29 is 0 Å². The minimum atomic E-state index is 0.820. The Kier molecular flexibility index (Phi) is 12.3. The molecule has 0 aromatic rings. The number of hydrogen-bond donors (Lipinski definition) is 0. The Morgan fingerprint density at radius 1 is 0.382 bits per heavy atom. The van der Waals surface area contributed by atoms with Crippen molar-refractivity contribution in [3.8, 4) is 0 Å². The third-order valence-corrected chi connectivity index (χ3v) is 10.2. The van der Waals surface area contributed by atoms with Gasteiger partial charge in [0.15, 0.2) is 0 Å². The Hall–Kier alpha value is -1.04. The first kappa shape index (κ1) is 27.5. The van der Waals surface area contributed by atoms with E-state index >= 15 is 0 Å². The van der Waals surface area contributed by atoms with E-state index in [-0.39, 0.29) is 0 Å². The van der Waals surface area contributed by atoms with Crippen molar-refractivity contribution >= 4 is 0 Å². The Morgan fingerprint density at radius 2 is 0.618 bits per heavy atom. The highest BCUT2D eigenvalue weighted by molar-refractivity contribution is 4.93. The standard InChI is InChI=1S/C18H30.C16H26/c1-3-5-15-7-11-17(12-8-15)18-13-9-16(6-4-2)10-14-18;1-3-13-5-9-15(10-6-13)16-11-7-14(4-2)8-12-16/h3-6,15-18H,7-14H2,1-2H3;3-4,13-16H,1-2,5-12H2/b5-3+,6-4+;. The maximum absolute atomic E-state index is 3.93. The predicted octanol–water partition coefficient (Wildman–Crippen LogP) is 10.7. The average molecular weight is 465 g/mol. The topological polar surface area (TPSA) is 0 Å². The van der Waals surface area contributed by atoms with Gasteiger partial charge < -0.3 is 0 Å². The van der Waals surface area contributed by atoms with Crippen LogP contribution < -0.4 is 0 Å². The van der Waals surface area contributed by atoms with E-state index in [1.807, 2.05) is 0 Å². The minimum Gasteiger partial charge on any atom is -0.103 e. The van der Waals surface area contributed by atoms with E-state index in [1.54, 1.807) is 0 Å². The highest BCUT2D eigenvalue weighted by Crippen LogP contribution is 2.43. The average Bonchev–Trinajstić information content (AvgIpc) is 2.90. The van der Waals surface area contributed by atoms with Gasteiger partial charge in [-0.1, -0.05) is 36.5 Å². The van der Waals surface area contributed by atoms with Crippen molar-refractivity contribution in [1.29, 1.82) is 0 Å². The molecule has 0 aromatic heterocycles. The summed E-state index contributed by atoms with van der Waals surface area (Å²) in [7, 11) is 0. The quantitative estimate of drug-likeness (QED) is 0.343. The zero-order valence-electron chi connectivity index (χ0n) is 22.8. The molecule has 4 rings (SSSR count). The summed E-state index contributed by atoms with van der Waals surface area (Å²) in [6, 6.07) is 0. The molecule has 4 aliphatic carbocycles. The Bertz CT molecular complexity index is 550. The summed E-state index contributed by atoms with van der Waals surface area (Å²) in [5, 5.41) is 0. The minimum absolute atomic E-state index is 0.820. The van der Waals surface area contributed by atoms with Crippen LogP contribution in [0, 0.1) is 47.3 Å².